The number of methoxy groups -OCH3 is 1. The number of hydrogen-bond donors (Lipinski definition) is 2. The van der Waals surface area contributed by atoms with Gasteiger partial charge in [0.25, 0.3) is 0 Å². The topological polar surface area (TPSA) is 66.8 Å². The maximum absolute atomic E-state index is 12.0. The van der Waals surface area contributed by atoms with E-state index in [4.69, 9.17) is 4.74 Å². The lowest BCUT2D eigenvalue weighted by Crippen LogP contribution is -1.94. The predicted octanol–water partition coefficient (Wildman–Crippen LogP) is 3.00. The molecule has 2 aromatic carbocycles. The van der Waals surface area contributed by atoms with Crippen LogP contribution in [0.3, 0.4) is 0 Å². The predicted molar refractivity (Wildman–Crippen MR) is 76.1 cm³/mol. The number of aromatic hydroxyl groups is 2. The van der Waals surface area contributed by atoms with Crippen molar-refractivity contribution in [3.05, 3.63) is 59.7 Å². The van der Waals surface area contributed by atoms with Crippen molar-refractivity contribution in [3.63, 3.8) is 0 Å². The standard InChI is InChI=1S/C16H14O4/c1-20-16-10-12(17)8-6-11(16)7-9-15(19)13-4-2-3-5-14(13)18/h2-10,17-18H,1H3. The summed E-state index contributed by atoms with van der Waals surface area (Å²) in [4.78, 5) is 12.0. The van der Waals surface area contributed by atoms with Gasteiger partial charge in [0.15, 0.2) is 5.78 Å². The van der Waals surface area contributed by atoms with Crippen molar-refractivity contribution in [1.29, 1.82) is 0 Å². The first-order chi connectivity index (χ1) is 9.61. The number of para-hydroxylation sites is 1. The Morgan fingerprint density at radius 2 is 1.90 bits per heavy atom. The summed E-state index contributed by atoms with van der Waals surface area (Å²) in [5, 5.41) is 19.0. The van der Waals surface area contributed by atoms with Gasteiger partial charge in [0.05, 0.1) is 12.7 Å². The van der Waals surface area contributed by atoms with Crippen molar-refractivity contribution in [2.75, 3.05) is 7.11 Å². The Hall–Kier alpha value is -2.75. The first-order valence-corrected chi connectivity index (χ1v) is 5.99. The van der Waals surface area contributed by atoms with Crippen molar-refractivity contribution in [2.45, 2.75) is 0 Å². The molecule has 0 aromatic heterocycles. The monoisotopic (exact) mass is 270 g/mol. The lowest BCUT2D eigenvalue weighted by atomic mass is 10.1. The highest BCUT2D eigenvalue weighted by molar-refractivity contribution is 6.08. The van der Waals surface area contributed by atoms with Crippen molar-refractivity contribution in [1.82, 2.24) is 0 Å². The van der Waals surface area contributed by atoms with Crippen LogP contribution < -0.4 is 4.74 Å². The van der Waals surface area contributed by atoms with Crippen LogP contribution in [-0.4, -0.2) is 23.1 Å². The summed E-state index contributed by atoms with van der Waals surface area (Å²) in [6, 6.07) is 11.0. The maximum atomic E-state index is 12.0. The summed E-state index contributed by atoms with van der Waals surface area (Å²) >= 11 is 0. The third-order valence-electron chi connectivity index (χ3n) is 2.80. The van der Waals surface area contributed by atoms with Gasteiger partial charge in [-0.3, -0.25) is 4.79 Å². The first-order valence-electron chi connectivity index (χ1n) is 5.99. The molecule has 0 aliphatic heterocycles. The number of benzene rings is 2. The van der Waals surface area contributed by atoms with Gasteiger partial charge in [0.2, 0.25) is 0 Å². The number of phenols is 2. The number of ketones is 1. The van der Waals surface area contributed by atoms with Gasteiger partial charge in [0.1, 0.15) is 17.2 Å². The molecule has 0 amide bonds. The van der Waals surface area contributed by atoms with Crippen LogP contribution in [0.25, 0.3) is 6.08 Å². The fraction of sp³-hybridized carbons (Fsp3) is 0.0625. The molecule has 0 fully saturated rings. The molecule has 0 heterocycles. The van der Waals surface area contributed by atoms with Gasteiger partial charge in [-0.1, -0.05) is 12.1 Å². The second-order valence-corrected chi connectivity index (χ2v) is 4.14. The second-order valence-electron chi connectivity index (χ2n) is 4.14. The van der Waals surface area contributed by atoms with E-state index in [1.165, 1.54) is 31.4 Å². The summed E-state index contributed by atoms with van der Waals surface area (Å²) in [5.74, 6) is 0.190. The number of rotatable bonds is 4. The van der Waals surface area contributed by atoms with Crippen molar-refractivity contribution in [2.24, 2.45) is 0 Å². The van der Waals surface area contributed by atoms with Crippen LogP contribution in [0.1, 0.15) is 15.9 Å². The molecule has 4 nitrogen and oxygen atoms in total. The van der Waals surface area contributed by atoms with E-state index >= 15 is 0 Å². The number of carbonyl (C=O) groups excluding carboxylic acids is 1. The van der Waals surface area contributed by atoms with Crippen LogP contribution in [0.5, 0.6) is 17.2 Å². The van der Waals surface area contributed by atoms with E-state index in [1.54, 1.807) is 30.3 Å². The molecule has 102 valence electrons. The van der Waals surface area contributed by atoms with Crippen LogP contribution >= 0.6 is 0 Å². The largest absolute Gasteiger partial charge is 0.508 e. The summed E-state index contributed by atoms with van der Waals surface area (Å²) in [5.41, 5.74) is 0.899. The lowest BCUT2D eigenvalue weighted by Gasteiger charge is -2.05. The van der Waals surface area contributed by atoms with Crippen LogP contribution in [0.15, 0.2) is 48.5 Å². The summed E-state index contributed by atoms with van der Waals surface area (Å²) in [7, 11) is 1.48. The van der Waals surface area contributed by atoms with Gasteiger partial charge in [-0.25, -0.2) is 0 Å². The summed E-state index contributed by atoms with van der Waals surface area (Å²) < 4.78 is 5.12. The molecule has 0 radical (unpaired) electrons. The number of hydrogen-bond acceptors (Lipinski definition) is 4. The number of phenolic OH excluding ortho intramolecular Hbond substituents is 2. The molecule has 0 bridgehead atoms. The molecule has 0 unspecified atom stereocenters. The molecule has 0 aliphatic carbocycles. The highest BCUT2D eigenvalue weighted by Gasteiger charge is 2.07. The summed E-state index contributed by atoms with van der Waals surface area (Å²) in [6.45, 7) is 0. The molecule has 2 N–H and O–H groups in total. The molecule has 4 heteroatoms. The minimum absolute atomic E-state index is 0.0557. The lowest BCUT2D eigenvalue weighted by molar-refractivity contribution is 0.104. The zero-order valence-corrected chi connectivity index (χ0v) is 10.9. The quantitative estimate of drug-likeness (QED) is 0.662. The molecule has 2 rings (SSSR count). The highest BCUT2D eigenvalue weighted by atomic mass is 16.5. The van der Waals surface area contributed by atoms with Gasteiger partial charge in [-0.05, 0) is 36.4 Å². The average molecular weight is 270 g/mol. The molecule has 0 atom stereocenters. The minimum Gasteiger partial charge on any atom is -0.508 e. The molecule has 20 heavy (non-hydrogen) atoms. The fourth-order valence-electron chi connectivity index (χ4n) is 1.77. The Morgan fingerprint density at radius 1 is 1.15 bits per heavy atom. The van der Waals surface area contributed by atoms with Gasteiger partial charge in [-0.15, -0.1) is 0 Å². The SMILES string of the molecule is COc1cc(O)ccc1C=CC(=O)c1ccccc1O. The molecular weight excluding hydrogens is 256 g/mol. The fourth-order valence-corrected chi connectivity index (χ4v) is 1.77. The van der Waals surface area contributed by atoms with Crippen molar-refractivity contribution in [3.8, 4) is 17.2 Å². The van der Waals surface area contributed by atoms with Crippen LogP contribution in [0.2, 0.25) is 0 Å². The second kappa shape index (κ2) is 5.93. The van der Waals surface area contributed by atoms with E-state index in [2.05, 4.69) is 0 Å². The zero-order valence-electron chi connectivity index (χ0n) is 10.9. The maximum Gasteiger partial charge on any atom is 0.189 e. The van der Waals surface area contributed by atoms with Crippen LogP contribution in [0, 0.1) is 0 Å². The molecule has 0 aliphatic rings. The first kappa shape index (κ1) is 13.7. The van der Waals surface area contributed by atoms with Crippen LogP contribution in [-0.2, 0) is 0 Å². The van der Waals surface area contributed by atoms with E-state index in [0.717, 1.165) is 0 Å². The Labute approximate surface area is 116 Å². The average Bonchev–Trinajstić information content (AvgIpc) is 2.46. The van der Waals surface area contributed by atoms with Gasteiger partial charge >= 0.3 is 0 Å². The summed E-state index contributed by atoms with van der Waals surface area (Å²) in [6.07, 6.45) is 2.93. The van der Waals surface area contributed by atoms with Crippen molar-refractivity contribution < 1.29 is 19.7 Å². The molecule has 0 saturated heterocycles. The Bertz CT molecular complexity index is 659. The minimum atomic E-state index is -0.307. The third kappa shape index (κ3) is 2.98. The van der Waals surface area contributed by atoms with Gasteiger partial charge in [-0.2, -0.15) is 0 Å². The smallest absolute Gasteiger partial charge is 0.189 e. The highest BCUT2D eigenvalue weighted by Crippen LogP contribution is 2.25. The Kier molecular flexibility index (Phi) is 4.05. The van der Waals surface area contributed by atoms with E-state index in [1.807, 2.05) is 0 Å². The molecular formula is C16H14O4. The van der Waals surface area contributed by atoms with E-state index in [-0.39, 0.29) is 22.8 Å². The van der Waals surface area contributed by atoms with Crippen molar-refractivity contribution >= 4 is 11.9 Å². The number of carbonyl (C=O) groups is 1. The zero-order chi connectivity index (χ0) is 14.5. The van der Waals surface area contributed by atoms with E-state index < -0.39 is 0 Å². The Morgan fingerprint density at radius 3 is 2.60 bits per heavy atom. The molecule has 2 aromatic rings. The number of allylic oxidation sites excluding steroid dienone is 1. The normalized spacial score (nSPS) is 10.7. The van der Waals surface area contributed by atoms with Gasteiger partial charge in [0, 0.05) is 11.6 Å². The molecule has 0 saturated carbocycles. The van der Waals surface area contributed by atoms with E-state index in [0.29, 0.717) is 11.3 Å². The van der Waals surface area contributed by atoms with Gasteiger partial charge < -0.3 is 14.9 Å². The Balaban J connectivity index is 2.26. The number of ether oxygens (including phenoxy) is 1. The van der Waals surface area contributed by atoms with E-state index in [9.17, 15) is 15.0 Å². The van der Waals surface area contributed by atoms with Crippen LogP contribution in [0.4, 0.5) is 0 Å². The molecule has 0 spiro atoms. The third-order valence-corrected chi connectivity index (χ3v) is 2.80.